The fourth-order valence-electron chi connectivity index (χ4n) is 10.3. The van der Waals surface area contributed by atoms with Crippen LogP contribution in [-0.2, 0) is 34.2 Å². The highest BCUT2D eigenvalue weighted by Crippen LogP contribution is 2.44. The number of aromatic nitrogens is 2. The Morgan fingerprint density at radius 3 is 2.24 bits per heavy atom. The summed E-state index contributed by atoms with van der Waals surface area (Å²) in [7, 11) is -9.77. The van der Waals surface area contributed by atoms with Gasteiger partial charge in [0.2, 0.25) is 5.91 Å². The van der Waals surface area contributed by atoms with E-state index in [0.717, 1.165) is 63.9 Å². The van der Waals surface area contributed by atoms with E-state index in [0.29, 0.717) is 106 Å². The lowest BCUT2D eigenvalue weighted by Gasteiger charge is -2.39. The molecule has 0 saturated carbocycles. The number of nitrogens with zero attached hydrogens (tertiary/aromatic N) is 5. The molecule has 1 aliphatic carbocycles. The van der Waals surface area contributed by atoms with Crippen molar-refractivity contribution in [1.29, 1.82) is 0 Å². The van der Waals surface area contributed by atoms with Gasteiger partial charge in [-0.3, -0.25) is 24.2 Å². The van der Waals surface area contributed by atoms with Gasteiger partial charge < -0.3 is 29.6 Å². The average molecular weight is 1150 g/mol. The number of amides is 2. The number of allylic oxidation sites excluding steroid dienone is 1. The van der Waals surface area contributed by atoms with Crippen molar-refractivity contribution >= 4 is 77.2 Å². The number of aromatic amines is 1. The Labute approximate surface area is 464 Å². The number of pyridine rings is 1. The van der Waals surface area contributed by atoms with Crippen LogP contribution in [0.4, 0.5) is 24.5 Å². The van der Waals surface area contributed by atoms with E-state index >= 15 is 0 Å². The zero-order chi connectivity index (χ0) is 56.5. The van der Waals surface area contributed by atoms with Crippen molar-refractivity contribution in [2.45, 2.75) is 93.4 Å². The fraction of sp³-hybridized carbons (Fsp3) is 0.464. The van der Waals surface area contributed by atoms with Crippen molar-refractivity contribution in [1.82, 2.24) is 29.4 Å². The summed E-state index contributed by atoms with van der Waals surface area (Å²) in [5.74, 6) is -1.18. The lowest BCUT2D eigenvalue weighted by molar-refractivity contribution is -0.140. The maximum Gasteiger partial charge on any atom is 0.501 e. The second kappa shape index (κ2) is 25.5. The molecule has 2 amide bonds. The summed E-state index contributed by atoms with van der Waals surface area (Å²) in [5.41, 5.74) is -1.09. The Morgan fingerprint density at radius 1 is 0.823 bits per heavy atom. The van der Waals surface area contributed by atoms with Gasteiger partial charge in [-0.25, -0.2) is 26.5 Å². The van der Waals surface area contributed by atoms with Crippen LogP contribution in [0.1, 0.15) is 94.0 Å². The number of sulfone groups is 1. The minimum Gasteiger partial charge on any atom is -0.469 e. The molecule has 5 aromatic rings. The number of carbonyl (C=O) groups excluding carboxylic acids is 3. The van der Waals surface area contributed by atoms with E-state index in [-0.39, 0.29) is 40.9 Å². The molecular weight excluding hydrogens is 1090 g/mol. The molecule has 3 N–H and O–H groups in total. The van der Waals surface area contributed by atoms with E-state index in [9.17, 15) is 44.4 Å². The topological polar surface area (TPSA) is 204 Å². The zero-order valence-corrected chi connectivity index (χ0v) is 47.1. The molecule has 17 nitrogen and oxygen atoms in total. The van der Waals surface area contributed by atoms with E-state index in [1.807, 2.05) is 16.9 Å². The average Bonchev–Trinajstić information content (AvgIpc) is 3.89. The first-order valence-corrected chi connectivity index (χ1v) is 30.0. The number of unbranched alkanes of at least 4 members (excludes halogenated alkanes) is 3. The number of H-pyrrole nitrogens is 1. The van der Waals surface area contributed by atoms with Gasteiger partial charge in [0, 0.05) is 107 Å². The Hall–Kier alpha value is -6.20. The molecular formula is C56H68ClF3N8O9S2. The van der Waals surface area contributed by atoms with Gasteiger partial charge in [0.25, 0.3) is 25.8 Å². The standard InChI is InChI=1S/C56H68ClF3N8O9S2/c1-55(2)21-19-41(47(36-55)39-11-13-42(57)14-12-39)38-66-27-29-67(30-28-66)43-15-17-46(49(34-43)77-44-33-40-20-23-62-53(40)63-37-44)54(71)64-79(74,75)45-16-18-48(50(35-45)78(72,73)56(58,59)60)61-22-8-24-65-25-31-68(32-26-65)51(69)9-6-4-5-7-10-52(70)76-3/h11-18,20,23,33-35,37,61H,4-10,19,21-22,24-32,36,38H2,1-3H3,(H,62,63)(H,64,71). The minimum atomic E-state index is -6.11. The van der Waals surface area contributed by atoms with Crippen molar-refractivity contribution in [3.05, 3.63) is 107 Å². The number of ether oxygens (including phenoxy) is 2. The Morgan fingerprint density at radius 2 is 1.53 bits per heavy atom. The molecule has 23 heteroatoms. The van der Waals surface area contributed by atoms with E-state index in [2.05, 4.69) is 60.7 Å². The third-order valence-electron chi connectivity index (χ3n) is 14.9. The van der Waals surface area contributed by atoms with Gasteiger partial charge in [-0.15, -0.1) is 0 Å². The number of carbonyl (C=O) groups is 3. The van der Waals surface area contributed by atoms with Crippen LogP contribution >= 0.6 is 11.6 Å². The van der Waals surface area contributed by atoms with Crippen LogP contribution in [0.25, 0.3) is 16.6 Å². The lowest BCUT2D eigenvalue weighted by atomic mass is 9.72. The van der Waals surface area contributed by atoms with Gasteiger partial charge in [0.1, 0.15) is 22.0 Å². The number of sulfonamides is 1. The normalized spacial score (nSPS) is 16.7. The SMILES string of the molecule is COC(=O)CCCCCCC(=O)N1CCN(CCCNc2ccc(S(=O)(=O)NC(=O)c3ccc(N4CCN(CC5=C(c6ccc(Cl)cc6)CC(C)(C)CC5)CC4)cc3Oc3cnc4[nH]ccc4c3)cc2S(=O)(=O)C(F)(F)F)CC1. The largest absolute Gasteiger partial charge is 0.501 e. The number of rotatable bonds is 22. The number of benzene rings is 3. The van der Waals surface area contributed by atoms with E-state index in [1.54, 1.807) is 35.4 Å². The van der Waals surface area contributed by atoms with Gasteiger partial charge in [0.15, 0.2) is 0 Å². The quantitative estimate of drug-likeness (QED) is 0.0436. The third-order valence-corrected chi connectivity index (χ3v) is 18.0. The molecule has 2 aliphatic heterocycles. The molecule has 2 fully saturated rings. The van der Waals surface area contributed by atoms with Crippen LogP contribution in [0.5, 0.6) is 11.5 Å². The highest BCUT2D eigenvalue weighted by atomic mass is 35.5. The van der Waals surface area contributed by atoms with Gasteiger partial charge in [0.05, 0.1) is 29.5 Å². The number of nitrogens with one attached hydrogen (secondary N) is 3. The molecule has 0 atom stereocenters. The van der Waals surface area contributed by atoms with E-state index < -0.39 is 46.8 Å². The molecule has 3 aliphatic rings. The molecule has 79 heavy (non-hydrogen) atoms. The summed E-state index contributed by atoms with van der Waals surface area (Å²) in [5, 5.41) is 4.13. The van der Waals surface area contributed by atoms with Crippen LogP contribution in [0.3, 0.4) is 0 Å². The predicted molar refractivity (Wildman–Crippen MR) is 297 cm³/mol. The maximum absolute atomic E-state index is 14.2. The fourth-order valence-corrected chi connectivity index (χ4v) is 12.4. The minimum absolute atomic E-state index is 0.0287. The highest BCUT2D eigenvalue weighted by molar-refractivity contribution is 7.92. The van der Waals surface area contributed by atoms with Crippen molar-refractivity contribution in [3.63, 3.8) is 0 Å². The summed E-state index contributed by atoms with van der Waals surface area (Å²) >= 11 is 6.25. The second-order valence-electron chi connectivity index (χ2n) is 21.1. The first kappa shape index (κ1) is 58.9. The molecule has 0 bridgehead atoms. The van der Waals surface area contributed by atoms with Crippen LogP contribution < -0.4 is 19.7 Å². The van der Waals surface area contributed by atoms with Crippen molar-refractivity contribution < 1.29 is 53.9 Å². The predicted octanol–water partition coefficient (Wildman–Crippen LogP) is 9.67. The van der Waals surface area contributed by atoms with Crippen molar-refractivity contribution in [2.24, 2.45) is 5.41 Å². The number of alkyl halides is 3. The number of piperazine rings is 2. The number of methoxy groups -OCH3 is 1. The highest BCUT2D eigenvalue weighted by Gasteiger charge is 2.48. The number of esters is 1. The van der Waals surface area contributed by atoms with Gasteiger partial charge in [-0.2, -0.15) is 13.2 Å². The number of fused-ring (bicyclic) bond motifs is 1. The molecule has 3 aromatic carbocycles. The Bertz CT molecular complexity index is 3250. The van der Waals surface area contributed by atoms with Crippen LogP contribution in [0.15, 0.2) is 101 Å². The molecule has 0 spiro atoms. The van der Waals surface area contributed by atoms with Crippen molar-refractivity contribution in [2.75, 3.05) is 89.3 Å². The van der Waals surface area contributed by atoms with Crippen LogP contribution in [0, 0.1) is 5.41 Å². The molecule has 426 valence electrons. The lowest BCUT2D eigenvalue weighted by Crippen LogP contribution is -2.48. The van der Waals surface area contributed by atoms with Gasteiger partial charge in [-0.05, 0) is 116 Å². The Balaban J connectivity index is 0.922. The molecule has 2 saturated heterocycles. The molecule has 4 heterocycles. The molecule has 8 rings (SSSR count). The van der Waals surface area contributed by atoms with Crippen LogP contribution in [0.2, 0.25) is 5.02 Å². The first-order chi connectivity index (χ1) is 37.6. The summed E-state index contributed by atoms with van der Waals surface area (Å²) in [6.45, 7) is 10.8. The number of anilines is 2. The maximum atomic E-state index is 14.2. The summed E-state index contributed by atoms with van der Waals surface area (Å²) in [6, 6.07) is 18.4. The number of hydrogen-bond donors (Lipinski definition) is 3. The van der Waals surface area contributed by atoms with E-state index in [1.165, 1.54) is 36.1 Å². The smallest absolute Gasteiger partial charge is 0.469 e. The summed E-state index contributed by atoms with van der Waals surface area (Å²) < 4.78 is 109. The first-order valence-electron chi connectivity index (χ1n) is 26.6. The Kier molecular flexibility index (Phi) is 19.0. The molecule has 0 radical (unpaired) electrons. The number of halogens is 4. The molecule has 2 aromatic heterocycles. The van der Waals surface area contributed by atoms with Gasteiger partial charge in [-0.1, -0.05) is 56.0 Å². The van der Waals surface area contributed by atoms with Gasteiger partial charge >= 0.3 is 11.5 Å². The second-order valence-corrected chi connectivity index (χ2v) is 25.1. The monoisotopic (exact) mass is 1150 g/mol. The van der Waals surface area contributed by atoms with Crippen molar-refractivity contribution in [3.8, 4) is 11.5 Å². The summed E-state index contributed by atoms with van der Waals surface area (Å²) in [4.78, 5) is 51.8. The third kappa shape index (κ3) is 15.2. The number of hydrogen-bond acceptors (Lipinski definition) is 14. The zero-order valence-electron chi connectivity index (χ0n) is 44.7. The molecule has 0 unspecified atom stereocenters. The van der Waals surface area contributed by atoms with Crippen LogP contribution in [-0.4, -0.2) is 144 Å². The summed E-state index contributed by atoms with van der Waals surface area (Å²) in [6.07, 6.45) is 10.4. The van der Waals surface area contributed by atoms with E-state index in [4.69, 9.17) is 16.3 Å².